The first-order valence-corrected chi connectivity index (χ1v) is 10.6. The molecule has 1 aliphatic heterocycles. The molecule has 0 aliphatic carbocycles. The van der Waals surface area contributed by atoms with Crippen molar-refractivity contribution in [3.8, 4) is 0 Å². The van der Waals surface area contributed by atoms with Crippen LogP contribution >= 0.6 is 0 Å². The van der Waals surface area contributed by atoms with E-state index in [1.165, 1.54) is 83.5 Å². The molecule has 0 bridgehead atoms. The fraction of sp³-hybridized carbons (Fsp3) is 1.00. The van der Waals surface area contributed by atoms with Gasteiger partial charge in [-0.3, -0.25) is 0 Å². The molecule has 0 radical (unpaired) electrons. The molecule has 0 aromatic heterocycles. The van der Waals surface area contributed by atoms with E-state index in [4.69, 9.17) is 9.47 Å². The number of aliphatic hydroxyl groups is 1. The fourth-order valence-electron chi connectivity index (χ4n) is 3.30. The van der Waals surface area contributed by atoms with Gasteiger partial charge < -0.3 is 14.6 Å². The molecule has 144 valence electrons. The van der Waals surface area contributed by atoms with E-state index in [0.29, 0.717) is 19.8 Å². The van der Waals surface area contributed by atoms with Gasteiger partial charge in [0.25, 0.3) is 0 Å². The zero-order chi connectivity index (χ0) is 17.3. The molecular formula is C21H42O3. The molecule has 0 unspecified atom stereocenters. The molecule has 0 saturated carbocycles. The quantitative estimate of drug-likeness (QED) is 0.335. The number of hydrogen-bond acceptors (Lipinski definition) is 3. The third-order valence-electron chi connectivity index (χ3n) is 5.20. The average Bonchev–Trinajstić information content (AvgIpc) is 2.56. The second kappa shape index (κ2) is 15.2. The predicted octanol–water partition coefficient (Wildman–Crippen LogP) is 5.49. The largest absolute Gasteiger partial charge is 0.396 e. The van der Waals surface area contributed by atoms with Crippen LogP contribution < -0.4 is 0 Å². The van der Waals surface area contributed by atoms with E-state index < -0.39 is 0 Å². The summed E-state index contributed by atoms with van der Waals surface area (Å²) in [5.41, 5.74) is -0.0873. The minimum atomic E-state index is -0.0873. The number of aliphatic hydroxyl groups excluding tert-OH is 1. The van der Waals surface area contributed by atoms with Crippen molar-refractivity contribution >= 4 is 0 Å². The van der Waals surface area contributed by atoms with Gasteiger partial charge in [0.1, 0.15) is 0 Å². The van der Waals surface area contributed by atoms with Gasteiger partial charge in [0.05, 0.1) is 31.8 Å². The Balaban J connectivity index is 1.69. The van der Waals surface area contributed by atoms with E-state index in [-0.39, 0.29) is 12.0 Å². The maximum absolute atomic E-state index is 9.30. The zero-order valence-corrected chi connectivity index (χ0v) is 16.2. The summed E-state index contributed by atoms with van der Waals surface area (Å²) in [7, 11) is 0. The lowest BCUT2D eigenvalue weighted by atomic mass is 9.88. The second-order valence-corrected chi connectivity index (χ2v) is 7.80. The summed E-state index contributed by atoms with van der Waals surface area (Å²) < 4.78 is 10.9. The van der Waals surface area contributed by atoms with Gasteiger partial charge in [-0.05, 0) is 6.42 Å². The van der Waals surface area contributed by atoms with Gasteiger partial charge in [0.15, 0.2) is 0 Å². The Morgan fingerprint density at radius 1 is 0.750 bits per heavy atom. The van der Waals surface area contributed by atoms with Crippen LogP contribution in [0, 0.1) is 5.41 Å². The van der Waals surface area contributed by atoms with Crippen molar-refractivity contribution in [1.29, 1.82) is 0 Å². The first-order chi connectivity index (χ1) is 11.8. The van der Waals surface area contributed by atoms with Gasteiger partial charge in [-0.15, -0.1) is 0 Å². The van der Waals surface area contributed by atoms with Crippen LogP contribution in [0.1, 0.15) is 96.8 Å². The monoisotopic (exact) mass is 342 g/mol. The average molecular weight is 343 g/mol. The lowest BCUT2D eigenvalue weighted by Gasteiger charge is -2.39. The van der Waals surface area contributed by atoms with Crippen LogP contribution in [0.5, 0.6) is 0 Å². The molecule has 24 heavy (non-hydrogen) atoms. The van der Waals surface area contributed by atoms with Crippen molar-refractivity contribution in [2.45, 2.75) is 96.8 Å². The maximum Gasteiger partial charge on any atom is 0.0635 e. The number of hydrogen-bond donors (Lipinski definition) is 1. The molecule has 1 heterocycles. The standard InChI is InChI=1S/C21H42O3/c1-2-3-4-5-6-7-8-9-10-11-12-13-14-15-16-23-18-21(17-22)19-24-20-21/h22H,2-20H2,1H3. The second-order valence-electron chi connectivity index (χ2n) is 7.80. The highest BCUT2D eigenvalue weighted by molar-refractivity contribution is 4.84. The fourth-order valence-corrected chi connectivity index (χ4v) is 3.30. The van der Waals surface area contributed by atoms with Gasteiger partial charge >= 0.3 is 0 Å². The number of ether oxygens (including phenoxy) is 2. The Hall–Kier alpha value is -0.120. The lowest BCUT2D eigenvalue weighted by Crippen LogP contribution is -2.49. The topological polar surface area (TPSA) is 38.7 Å². The first kappa shape index (κ1) is 21.9. The van der Waals surface area contributed by atoms with Crippen LogP contribution in [0.4, 0.5) is 0 Å². The van der Waals surface area contributed by atoms with Crippen LogP contribution in [-0.4, -0.2) is 38.1 Å². The molecule has 0 spiro atoms. The molecule has 3 nitrogen and oxygen atoms in total. The molecule has 1 N–H and O–H groups in total. The van der Waals surface area contributed by atoms with Crippen molar-refractivity contribution in [3.63, 3.8) is 0 Å². The van der Waals surface area contributed by atoms with Crippen molar-refractivity contribution < 1.29 is 14.6 Å². The number of unbranched alkanes of at least 4 members (excludes halogenated alkanes) is 13. The van der Waals surface area contributed by atoms with Crippen molar-refractivity contribution in [1.82, 2.24) is 0 Å². The van der Waals surface area contributed by atoms with Crippen molar-refractivity contribution in [2.24, 2.45) is 5.41 Å². The van der Waals surface area contributed by atoms with E-state index in [1.54, 1.807) is 0 Å². The van der Waals surface area contributed by atoms with E-state index in [0.717, 1.165) is 13.0 Å². The summed E-state index contributed by atoms with van der Waals surface area (Å²) in [6.45, 7) is 5.27. The predicted molar refractivity (Wildman–Crippen MR) is 101 cm³/mol. The van der Waals surface area contributed by atoms with Crippen molar-refractivity contribution in [3.05, 3.63) is 0 Å². The Labute approximate surface area is 150 Å². The molecule has 0 aromatic carbocycles. The molecular weight excluding hydrogens is 300 g/mol. The Morgan fingerprint density at radius 2 is 1.21 bits per heavy atom. The van der Waals surface area contributed by atoms with Gasteiger partial charge in [0.2, 0.25) is 0 Å². The third-order valence-corrected chi connectivity index (χ3v) is 5.20. The van der Waals surface area contributed by atoms with Gasteiger partial charge in [-0.2, -0.15) is 0 Å². The minimum Gasteiger partial charge on any atom is -0.396 e. The highest BCUT2D eigenvalue weighted by Crippen LogP contribution is 2.27. The van der Waals surface area contributed by atoms with Crippen molar-refractivity contribution in [2.75, 3.05) is 33.0 Å². The molecule has 1 saturated heterocycles. The lowest BCUT2D eigenvalue weighted by molar-refractivity contribution is -0.168. The van der Waals surface area contributed by atoms with Gasteiger partial charge in [-0.25, -0.2) is 0 Å². The summed E-state index contributed by atoms with van der Waals surface area (Å²) >= 11 is 0. The molecule has 0 aromatic rings. The van der Waals surface area contributed by atoms with Crippen LogP contribution in [0.3, 0.4) is 0 Å². The zero-order valence-electron chi connectivity index (χ0n) is 16.2. The summed E-state index contributed by atoms with van der Waals surface area (Å²) in [5, 5.41) is 9.30. The van der Waals surface area contributed by atoms with Gasteiger partial charge in [-0.1, -0.05) is 90.4 Å². The summed E-state index contributed by atoms with van der Waals surface area (Å²) in [6, 6.07) is 0. The molecule has 0 atom stereocenters. The summed E-state index contributed by atoms with van der Waals surface area (Å²) in [4.78, 5) is 0. The highest BCUT2D eigenvalue weighted by atomic mass is 16.5. The van der Waals surface area contributed by atoms with Crippen LogP contribution in [-0.2, 0) is 9.47 Å². The minimum absolute atomic E-state index is 0.0873. The Morgan fingerprint density at radius 3 is 1.58 bits per heavy atom. The molecule has 1 rings (SSSR count). The number of rotatable bonds is 18. The molecule has 1 aliphatic rings. The van der Waals surface area contributed by atoms with E-state index in [2.05, 4.69) is 6.92 Å². The SMILES string of the molecule is CCCCCCCCCCCCCCCCOCC1(CO)COC1. The summed E-state index contributed by atoms with van der Waals surface area (Å²) in [5.74, 6) is 0. The maximum atomic E-state index is 9.30. The smallest absolute Gasteiger partial charge is 0.0635 e. The van der Waals surface area contributed by atoms with Crippen LogP contribution in [0.25, 0.3) is 0 Å². The normalized spacial score (nSPS) is 16.2. The van der Waals surface area contributed by atoms with Crippen LogP contribution in [0.15, 0.2) is 0 Å². The summed E-state index contributed by atoms with van der Waals surface area (Å²) in [6.07, 6.45) is 19.4. The Kier molecular flexibility index (Phi) is 13.8. The highest BCUT2D eigenvalue weighted by Gasteiger charge is 2.38. The van der Waals surface area contributed by atoms with Crippen LogP contribution in [0.2, 0.25) is 0 Å². The Bertz CT molecular complexity index is 258. The van der Waals surface area contributed by atoms with Gasteiger partial charge in [0, 0.05) is 6.61 Å². The first-order valence-electron chi connectivity index (χ1n) is 10.6. The molecule has 0 amide bonds. The molecule has 1 fully saturated rings. The third kappa shape index (κ3) is 10.7. The molecule has 3 heteroatoms. The van der Waals surface area contributed by atoms with E-state index in [1.807, 2.05) is 0 Å². The van der Waals surface area contributed by atoms with E-state index >= 15 is 0 Å². The van der Waals surface area contributed by atoms with E-state index in [9.17, 15) is 5.11 Å².